The standard InChI is InChI=1S/C20H19ClN4O2S/c1-11-8-12(21)4-5-14(11)19-17-18(15-9-13(27-3)6-7-22-15)24-25(2)20(17)23-16(26)10-28-19/h4-9,19H,10H2,1-3H3,(H,23,26). The second-order valence-corrected chi connectivity index (χ2v) is 8.09. The molecule has 3 heterocycles. The molecule has 0 saturated heterocycles. The number of fused-ring (bicyclic) bond motifs is 1. The minimum Gasteiger partial charge on any atom is -0.497 e. The van der Waals surface area contributed by atoms with Crippen LogP contribution in [0.5, 0.6) is 5.75 Å². The van der Waals surface area contributed by atoms with Crippen LogP contribution in [0.25, 0.3) is 11.4 Å². The Morgan fingerprint density at radius 3 is 2.89 bits per heavy atom. The van der Waals surface area contributed by atoms with E-state index in [9.17, 15) is 4.79 Å². The number of amides is 1. The van der Waals surface area contributed by atoms with Gasteiger partial charge in [-0.05, 0) is 36.2 Å². The van der Waals surface area contributed by atoms with Crippen LogP contribution in [0.2, 0.25) is 5.02 Å². The summed E-state index contributed by atoms with van der Waals surface area (Å²) in [5.74, 6) is 1.70. The zero-order chi connectivity index (χ0) is 19.8. The summed E-state index contributed by atoms with van der Waals surface area (Å²) in [4.78, 5) is 16.8. The molecule has 0 radical (unpaired) electrons. The molecule has 6 nitrogen and oxygen atoms in total. The highest BCUT2D eigenvalue weighted by atomic mass is 35.5. The molecular weight excluding hydrogens is 396 g/mol. The number of aromatic nitrogens is 3. The SMILES string of the molecule is COc1ccnc(-c2nn(C)c3c2C(c2ccc(Cl)cc2C)SCC(=O)N3)c1. The molecule has 2 aromatic heterocycles. The Labute approximate surface area is 172 Å². The van der Waals surface area contributed by atoms with Crippen LogP contribution >= 0.6 is 23.4 Å². The predicted octanol–water partition coefficient (Wildman–Crippen LogP) is 4.23. The molecule has 1 aliphatic rings. The number of rotatable bonds is 3. The topological polar surface area (TPSA) is 69.0 Å². The van der Waals surface area contributed by atoms with Crippen LogP contribution in [0, 0.1) is 6.92 Å². The van der Waals surface area contributed by atoms with Gasteiger partial charge in [-0.25, -0.2) is 0 Å². The second-order valence-electron chi connectivity index (χ2n) is 6.56. The lowest BCUT2D eigenvalue weighted by Crippen LogP contribution is -2.15. The molecule has 144 valence electrons. The molecule has 1 amide bonds. The zero-order valence-electron chi connectivity index (χ0n) is 15.7. The lowest BCUT2D eigenvalue weighted by molar-refractivity contribution is -0.113. The van der Waals surface area contributed by atoms with Crippen LogP contribution in [0.1, 0.15) is 21.9 Å². The van der Waals surface area contributed by atoms with Gasteiger partial charge in [-0.1, -0.05) is 17.7 Å². The number of hydrogen-bond donors (Lipinski definition) is 1. The molecule has 1 aromatic carbocycles. The van der Waals surface area contributed by atoms with E-state index in [1.807, 2.05) is 38.2 Å². The van der Waals surface area contributed by atoms with E-state index in [0.717, 1.165) is 22.4 Å². The number of thioether (sulfide) groups is 1. The molecule has 0 aliphatic carbocycles. The summed E-state index contributed by atoms with van der Waals surface area (Å²) in [7, 11) is 3.44. The Kier molecular flexibility index (Phi) is 5.03. The van der Waals surface area contributed by atoms with Crippen molar-refractivity contribution in [2.45, 2.75) is 12.2 Å². The molecule has 0 saturated carbocycles. The van der Waals surface area contributed by atoms with E-state index in [2.05, 4.69) is 15.4 Å². The molecule has 28 heavy (non-hydrogen) atoms. The molecule has 8 heteroatoms. The quantitative estimate of drug-likeness (QED) is 0.694. The van der Waals surface area contributed by atoms with Gasteiger partial charge in [-0.2, -0.15) is 5.10 Å². The van der Waals surface area contributed by atoms with E-state index in [0.29, 0.717) is 28.0 Å². The van der Waals surface area contributed by atoms with Crippen LogP contribution < -0.4 is 10.1 Å². The summed E-state index contributed by atoms with van der Waals surface area (Å²) in [5.41, 5.74) is 4.53. The molecule has 4 rings (SSSR count). The van der Waals surface area contributed by atoms with Gasteiger partial charge in [0.25, 0.3) is 0 Å². The predicted molar refractivity (Wildman–Crippen MR) is 112 cm³/mol. The average Bonchev–Trinajstić information content (AvgIpc) is 2.89. The first-order chi connectivity index (χ1) is 13.5. The minimum absolute atomic E-state index is 0.0477. The molecule has 1 atom stereocenters. The van der Waals surface area contributed by atoms with Gasteiger partial charge in [0.15, 0.2) is 0 Å². The maximum absolute atomic E-state index is 12.3. The van der Waals surface area contributed by atoms with Gasteiger partial charge >= 0.3 is 0 Å². The lowest BCUT2D eigenvalue weighted by atomic mass is 9.98. The Hall–Kier alpha value is -2.51. The minimum atomic E-state index is -0.0806. The molecule has 1 N–H and O–H groups in total. The third-order valence-corrected chi connectivity index (χ3v) is 6.20. The van der Waals surface area contributed by atoms with Crippen LogP contribution in [-0.4, -0.2) is 33.5 Å². The van der Waals surface area contributed by atoms with Crippen LogP contribution in [-0.2, 0) is 11.8 Å². The number of carbonyl (C=O) groups excluding carboxylic acids is 1. The number of methoxy groups -OCH3 is 1. The number of anilines is 1. The number of nitrogens with zero attached hydrogens (tertiary/aromatic N) is 3. The zero-order valence-corrected chi connectivity index (χ0v) is 17.3. The fraction of sp³-hybridized carbons (Fsp3) is 0.250. The van der Waals surface area contributed by atoms with Crippen LogP contribution in [0.15, 0.2) is 36.5 Å². The van der Waals surface area contributed by atoms with Crippen molar-refractivity contribution in [1.29, 1.82) is 0 Å². The maximum atomic E-state index is 12.3. The summed E-state index contributed by atoms with van der Waals surface area (Å²) in [6, 6.07) is 9.49. The normalized spacial score (nSPS) is 16.3. The van der Waals surface area contributed by atoms with E-state index >= 15 is 0 Å². The highest BCUT2D eigenvalue weighted by Gasteiger charge is 2.32. The number of hydrogen-bond acceptors (Lipinski definition) is 5. The average molecular weight is 415 g/mol. The number of ether oxygens (including phenoxy) is 1. The molecule has 0 bridgehead atoms. The smallest absolute Gasteiger partial charge is 0.235 e. The summed E-state index contributed by atoms with van der Waals surface area (Å²) >= 11 is 7.74. The van der Waals surface area contributed by atoms with Gasteiger partial charge in [-0.3, -0.25) is 14.5 Å². The third-order valence-electron chi connectivity index (χ3n) is 4.71. The Morgan fingerprint density at radius 2 is 2.14 bits per heavy atom. The second kappa shape index (κ2) is 7.48. The Morgan fingerprint density at radius 1 is 1.32 bits per heavy atom. The Balaban J connectivity index is 1.94. The number of halogens is 1. The number of nitrogens with one attached hydrogen (secondary N) is 1. The van der Waals surface area contributed by atoms with Crippen molar-refractivity contribution in [3.63, 3.8) is 0 Å². The van der Waals surface area contributed by atoms with Crippen molar-refractivity contribution in [3.05, 3.63) is 58.2 Å². The molecule has 1 unspecified atom stereocenters. The van der Waals surface area contributed by atoms with Crippen molar-refractivity contribution in [2.75, 3.05) is 18.2 Å². The molecule has 0 spiro atoms. The van der Waals surface area contributed by atoms with E-state index in [1.165, 1.54) is 0 Å². The summed E-state index contributed by atoms with van der Waals surface area (Å²) in [6.07, 6.45) is 1.69. The van der Waals surface area contributed by atoms with Gasteiger partial charge in [0, 0.05) is 29.9 Å². The van der Waals surface area contributed by atoms with Crippen molar-refractivity contribution in [1.82, 2.24) is 14.8 Å². The summed E-state index contributed by atoms with van der Waals surface area (Å²) < 4.78 is 7.05. The number of aryl methyl sites for hydroxylation is 2. The first-order valence-corrected chi connectivity index (χ1v) is 10.2. The first-order valence-electron chi connectivity index (χ1n) is 8.72. The fourth-order valence-electron chi connectivity index (χ4n) is 3.38. The van der Waals surface area contributed by atoms with Gasteiger partial charge in [0.2, 0.25) is 5.91 Å². The molecule has 3 aromatic rings. The Bertz CT molecular complexity index is 1070. The highest BCUT2D eigenvalue weighted by Crippen LogP contribution is 2.46. The fourth-order valence-corrected chi connectivity index (χ4v) is 4.83. The number of pyridine rings is 1. The summed E-state index contributed by atoms with van der Waals surface area (Å²) in [6.45, 7) is 2.03. The van der Waals surface area contributed by atoms with Crippen LogP contribution in [0.4, 0.5) is 5.82 Å². The van der Waals surface area contributed by atoms with E-state index in [4.69, 9.17) is 16.3 Å². The molecule has 1 aliphatic heterocycles. The highest BCUT2D eigenvalue weighted by molar-refractivity contribution is 8.00. The maximum Gasteiger partial charge on any atom is 0.235 e. The molecule has 0 fully saturated rings. The van der Waals surface area contributed by atoms with Crippen molar-refractivity contribution < 1.29 is 9.53 Å². The monoisotopic (exact) mass is 414 g/mol. The lowest BCUT2D eigenvalue weighted by Gasteiger charge is -2.18. The summed E-state index contributed by atoms with van der Waals surface area (Å²) in [5, 5.41) is 8.29. The van der Waals surface area contributed by atoms with Crippen molar-refractivity contribution in [3.8, 4) is 17.1 Å². The third kappa shape index (κ3) is 3.36. The number of benzene rings is 1. The van der Waals surface area contributed by atoms with E-state index in [1.54, 1.807) is 35.8 Å². The van der Waals surface area contributed by atoms with Crippen LogP contribution in [0.3, 0.4) is 0 Å². The largest absolute Gasteiger partial charge is 0.497 e. The van der Waals surface area contributed by atoms with E-state index < -0.39 is 0 Å². The number of carbonyl (C=O) groups is 1. The van der Waals surface area contributed by atoms with Gasteiger partial charge in [0.05, 0.1) is 23.8 Å². The first kappa shape index (κ1) is 18.8. The van der Waals surface area contributed by atoms with Crippen molar-refractivity contribution in [2.24, 2.45) is 7.05 Å². The molecular formula is C20H19ClN4O2S. The van der Waals surface area contributed by atoms with Gasteiger partial charge in [-0.15, -0.1) is 11.8 Å². The van der Waals surface area contributed by atoms with Gasteiger partial charge < -0.3 is 10.1 Å². The van der Waals surface area contributed by atoms with E-state index in [-0.39, 0.29) is 11.2 Å². The van der Waals surface area contributed by atoms with Gasteiger partial charge in [0.1, 0.15) is 17.3 Å². The van der Waals surface area contributed by atoms with Crippen molar-refractivity contribution >= 4 is 35.1 Å².